The highest BCUT2D eigenvalue weighted by atomic mass is 16.5. The number of allylic oxidation sites excluding steroid dienone is 6. The summed E-state index contributed by atoms with van der Waals surface area (Å²) in [6, 6.07) is 0. The third kappa shape index (κ3) is 11.8. The Morgan fingerprint density at radius 1 is 0.648 bits per heavy atom. The van der Waals surface area contributed by atoms with E-state index >= 15 is 0 Å². The first-order chi connectivity index (χ1) is 34.0. The van der Waals surface area contributed by atoms with Gasteiger partial charge in [-0.3, -0.25) is 14.4 Å². The van der Waals surface area contributed by atoms with Crippen molar-refractivity contribution in [3.05, 3.63) is 47.1 Å². The molecule has 6 heteroatoms. The van der Waals surface area contributed by atoms with E-state index in [1.807, 2.05) is 6.08 Å². The molecule has 6 nitrogen and oxygen atoms in total. The van der Waals surface area contributed by atoms with Crippen molar-refractivity contribution in [1.82, 2.24) is 4.90 Å². The number of esters is 2. The Labute approximate surface area is 434 Å². The Hall–Kier alpha value is -2.47. The molecule has 14 unspecified atom stereocenters. The van der Waals surface area contributed by atoms with Gasteiger partial charge in [-0.2, -0.15) is 0 Å². The lowest BCUT2D eigenvalue weighted by Gasteiger charge is -2.57. The van der Waals surface area contributed by atoms with E-state index in [9.17, 15) is 14.4 Å². The minimum Gasteiger partial charge on any atom is -0.462 e. The average Bonchev–Trinajstić information content (AvgIpc) is 3.87. The largest absolute Gasteiger partial charge is 0.462 e. The second kappa shape index (κ2) is 23.6. The molecular formula is C65H103NO5. The quantitative estimate of drug-likeness (QED) is 0.0577. The predicted molar refractivity (Wildman–Crippen MR) is 291 cm³/mol. The van der Waals surface area contributed by atoms with Crippen LogP contribution in [-0.2, 0) is 23.9 Å². The lowest BCUT2D eigenvalue weighted by Crippen LogP contribution is -2.51. The van der Waals surface area contributed by atoms with Crippen LogP contribution in [0.5, 0.6) is 0 Å². The first-order valence-corrected chi connectivity index (χ1v) is 30.4. The normalized spacial score (nSPS) is 37.2. The molecule has 8 rings (SSSR count). The smallest absolute Gasteiger partial charge is 0.306 e. The van der Waals surface area contributed by atoms with Crippen LogP contribution in [-0.4, -0.2) is 54.5 Å². The molecule has 0 spiro atoms. The summed E-state index contributed by atoms with van der Waals surface area (Å²) in [7, 11) is 0. The summed E-state index contributed by atoms with van der Waals surface area (Å²) in [4.78, 5) is 41.3. The molecule has 0 bridgehead atoms. The Kier molecular flexibility index (Phi) is 18.2. The van der Waals surface area contributed by atoms with Gasteiger partial charge in [0.2, 0.25) is 0 Å². The summed E-state index contributed by atoms with van der Waals surface area (Å²) in [5, 5.41) is 0. The van der Waals surface area contributed by atoms with E-state index in [2.05, 4.69) is 91.5 Å². The molecule has 0 aromatic rings. The fraction of sp³-hybridized carbons (Fsp3) is 0.831. The molecule has 0 aromatic heterocycles. The summed E-state index contributed by atoms with van der Waals surface area (Å²) in [6.45, 7) is 25.3. The summed E-state index contributed by atoms with van der Waals surface area (Å²) in [6.07, 6.45) is 41.4. The molecule has 0 radical (unpaired) electrons. The number of hydrogen-bond donors (Lipinski definition) is 0. The monoisotopic (exact) mass is 978 g/mol. The number of hydrogen-bond acceptors (Lipinski definition) is 6. The van der Waals surface area contributed by atoms with Crippen LogP contribution in [0.2, 0.25) is 0 Å². The zero-order valence-electron chi connectivity index (χ0n) is 46.9. The lowest BCUT2D eigenvalue weighted by atomic mass is 9.47. The molecule has 0 N–H and O–H groups in total. The molecule has 8 aliphatic carbocycles. The van der Waals surface area contributed by atoms with E-state index in [0.29, 0.717) is 77.8 Å². The summed E-state index contributed by atoms with van der Waals surface area (Å²) in [5.41, 5.74) is 5.62. The van der Waals surface area contributed by atoms with Gasteiger partial charge < -0.3 is 14.4 Å². The molecule has 0 amide bonds. The molecule has 8 aliphatic rings. The molecule has 0 aromatic carbocycles. The Bertz CT molecular complexity index is 1980. The molecule has 14 atom stereocenters. The van der Waals surface area contributed by atoms with Crippen molar-refractivity contribution < 1.29 is 23.9 Å². The van der Waals surface area contributed by atoms with E-state index in [1.165, 1.54) is 94.7 Å². The molecule has 0 aliphatic heterocycles. The topological polar surface area (TPSA) is 72.9 Å². The zero-order valence-corrected chi connectivity index (χ0v) is 46.9. The number of ketones is 1. The zero-order chi connectivity index (χ0) is 50.6. The van der Waals surface area contributed by atoms with Crippen LogP contribution >= 0.6 is 0 Å². The van der Waals surface area contributed by atoms with Gasteiger partial charge in [-0.25, -0.2) is 0 Å². The van der Waals surface area contributed by atoms with Crippen molar-refractivity contribution in [2.45, 2.75) is 248 Å². The fourth-order valence-electron chi connectivity index (χ4n) is 17.5. The van der Waals surface area contributed by atoms with Gasteiger partial charge in [0.05, 0.1) is 0 Å². The number of carbonyl (C=O) groups excluding carboxylic acids is 3. The van der Waals surface area contributed by atoms with E-state index in [-0.39, 0.29) is 40.4 Å². The van der Waals surface area contributed by atoms with Crippen molar-refractivity contribution in [1.29, 1.82) is 0 Å². The van der Waals surface area contributed by atoms with Crippen molar-refractivity contribution in [2.75, 3.05) is 19.6 Å². The van der Waals surface area contributed by atoms with Crippen molar-refractivity contribution in [3.63, 3.8) is 0 Å². The number of rotatable bonds is 23. The van der Waals surface area contributed by atoms with Crippen LogP contribution in [0.3, 0.4) is 0 Å². The van der Waals surface area contributed by atoms with Crippen LogP contribution in [0.25, 0.3) is 0 Å². The Morgan fingerprint density at radius 2 is 1.34 bits per heavy atom. The highest BCUT2D eigenvalue weighted by molar-refractivity contribution is 5.91. The molecular weight excluding hydrogens is 875 g/mol. The first kappa shape index (κ1) is 54.8. The molecule has 71 heavy (non-hydrogen) atoms. The summed E-state index contributed by atoms with van der Waals surface area (Å²) in [5.74, 6) is 6.45. The number of nitrogens with zero attached hydrogens (tertiary/aromatic N) is 1. The minimum atomic E-state index is 0.00883. The van der Waals surface area contributed by atoms with E-state index < -0.39 is 0 Å². The number of carbonyl (C=O) groups is 3. The van der Waals surface area contributed by atoms with Gasteiger partial charge >= 0.3 is 11.9 Å². The van der Waals surface area contributed by atoms with Gasteiger partial charge in [-0.1, -0.05) is 135 Å². The highest BCUT2D eigenvalue weighted by Gasteiger charge is 2.60. The average molecular weight is 979 g/mol. The lowest BCUT2D eigenvalue weighted by molar-refractivity contribution is -0.160. The third-order valence-electron chi connectivity index (χ3n) is 22.5. The minimum absolute atomic E-state index is 0.00883. The van der Waals surface area contributed by atoms with Crippen LogP contribution in [0.1, 0.15) is 236 Å². The van der Waals surface area contributed by atoms with E-state index in [0.717, 1.165) is 96.1 Å². The van der Waals surface area contributed by atoms with Crippen LogP contribution in [0.15, 0.2) is 47.1 Å². The van der Waals surface area contributed by atoms with Gasteiger partial charge in [-0.05, 0) is 211 Å². The van der Waals surface area contributed by atoms with Crippen LogP contribution in [0, 0.1) is 74.9 Å². The molecule has 398 valence electrons. The SMILES string of the molecule is CCCCN(CCCCCCC(=O)OC1CCC2(C)C(=CC=C3C2CCC2(C)C3CCC2C(C)/C=C/C(C)C(C)C)C1)CCCCCCC(=O)OC1CCC2C3CCC4=CC(=O)CCC4(C)C3CCC12C. The van der Waals surface area contributed by atoms with Gasteiger partial charge in [0.25, 0.3) is 0 Å². The van der Waals surface area contributed by atoms with Crippen LogP contribution in [0.4, 0.5) is 0 Å². The maximum atomic E-state index is 13.2. The molecule has 6 saturated carbocycles. The first-order valence-electron chi connectivity index (χ1n) is 30.4. The second-order valence-corrected chi connectivity index (χ2v) is 26.9. The standard InChI is InChI=1S/C65H103NO5/c1-10-11-40-66(42-19-15-13-17-21-61(69)71-59-31-30-56-53-26-24-48-43-50(67)32-36-62(48,6)58(53)35-39-65(56,59)9)41-18-14-12-16-20-60(68)70-51-33-37-63(7)49(44-51)25-27-52-55-29-28-54(64(55,8)38-34-57(52)63)47(5)23-22-46(4)45(2)3/h22-23,25,27,43,45-47,51,53-59H,10-21,24,26,28-42,44H2,1-9H3/b23-22+. The fourth-order valence-corrected chi connectivity index (χ4v) is 17.5. The maximum Gasteiger partial charge on any atom is 0.306 e. The molecule has 0 heterocycles. The number of unbranched alkanes of at least 4 members (excludes halogenated alkanes) is 7. The molecule has 6 fully saturated rings. The number of ether oxygens (including phenoxy) is 2. The summed E-state index contributed by atoms with van der Waals surface area (Å²) >= 11 is 0. The third-order valence-corrected chi connectivity index (χ3v) is 22.5. The van der Waals surface area contributed by atoms with Gasteiger partial charge in [0.1, 0.15) is 12.2 Å². The Morgan fingerprint density at radius 3 is 2.06 bits per heavy atom. The molecule has 0 saturated heterocycles. The van der Waals surface area contributed by atoms with E-state index in [4.69, 9.17) is 9.47 Å². The highest BCUT2D eigenvalue weighted by Crippen LogP contribution is 2.67. The van der Waals surface area contributed by atoms with Crippen molar-refractivity contribution in [3.8, 4) is 0 Å². The van der Waals surface area contributed by atoms with Crippen LogP contribution < -0.4 is 0 Å². The Balaban J connectivity index is 0.688. The number of fused-ring (bicyclic) bond motifs is 10. The predicted octanol–water partition coefficient (Wildman–Crippen LogP) is 16.3. The van der Waals surface area contributed by atoms with Gasteiger partial charge in [0, 0.05) is 31.1 Å². The summed E-state index contributed by atoms with van der Waals surface area (Å²) < 4.78 is 12.6. The van der Waals surface area contributed by atoms with Gasteiger partial charge in [-0.15, -0.1) is 0 Å². The second-order valence-electron chi connectivity index (χ2n) is 26.9. The van der Waals surface area contributed by atoms with Crippen molar-refractivity contribution in [2.24, 2.45) is 74.9 Å². The van der Waals surface area contributed by atoms with E-state index in [1.54, 1.807) is 5.57 Å². The maximum absolute atomic E-state index is 13.2. The van der Waals surface area contributed by atoms with Gasteiger partial charge in [0.15, 0.2) is 5.78 Å². The van der Waals surface area contributed by atoms with Crippen molar-refractivity contribution >= 4 is 17.7 Å².